The van der Waals surface area contributed by atoms with Crippen molar-refractivity contribution in [3.05, 3.63) is 65.0 Å². The van der Waals surface area contributed by atoms with Crippen LogP contribution in [0.15, 0.2) is 42.5 Å². The predicted octanol–water partition coefficient (Wildman–Crippen LogP) is 3.97. The Bertz CT molecular complexity index is 950. The van der Waals surface area contributed by atoms with Gasteiger partial charge in [0.05, 0.1) is 19.1 Å². The molecule has 1 aliphatic carbocycles. The molecule has 1 aliphatic heterocycles. The molecule has 1 amide bonds. The molecule has 2 aromatic rings. The molecule has 0 aromatic heterocycles. The van der Waals surface area contributed by atoms with Crippen LogP contribution in [0.4, 0.5) is 4.39 Å². The zero-order valence-electron chi connectivity index (χ0n) is 16.4. The van der Waals surface area contributed by atoms with Crippen molar-refractivity contribution in [2.24, 2.45) is 0 Å². The predicted molar refractivity (Wildman–Crippen MR) is 106 cm³/mol. The lowest BCUT2D eigenvalue weighted by atomic mass is 9.73. The summed E-state index contributed by atoms with van der Waals surface area (Å²) in [7, 11) is 1.62. The maximum Gasteiger partial charge on any atom is 0.303 e. The third-order valence-corrected chi connectivity index (χ3v) is 6.44. The number of benzene rings is 2. The van der Waals surface area contributed by atoms with Crippen LogP contribution in [-0.4, -0.2) is 42.1 Å². The highest BCUT2D eigenvalue weighted by Crippen LogP contribution is 2.53. The van der Waals surface area contributed by atoms with Crippen molar-refractivity contribution < 1.29 is 23.8 Å². The molecule has 29 heavy (non-hydrogen) atoms. The second-order valence-electron chi connectivity index (χ2n) is 8.00. The van der Waals surface area contributed by atoms with Gasteiger partial charge in [-0.3, -0.25) is 9.59 Å². The lowest BCUT2D eigenvalue weighted by Gasteiger charge is -2.40. The van der Waals surface area contributed by atoms with Crippen LogP contribution in [0, 0.1) is 5.82 Å². The molecule has 1 spiro atoms. The number of hydrogen-bond donors (Lipinski definition) is 1. The first kappa shape index (κ1) is 19.4. The molecule has 152 valence electrons. The Labute approximate surface area is 169 Å². The molecule has 4 rings (SSSR count). The number of piperidine rings is 1. The van der Waals surface area contributed by atoms with E-state index in [2.05, 4.69) is 0 Å². The van der Waals surface area contributed by atoms with E-state index in [1.165, 1.54) is 12.1 Å². The van der Waals surface area contributed by atoms with E-state index in [0.717, 1.165) is 36.1 Å². The van der Waals surface area contributed by atoms with Gasteiger partial charge in [0.2, 0.25) is 0 Å². The summed E-state index contributed by atoms with van der Waals surface area (Å²) in [6, 6.07) is 11.9. The van der Waals surface area contributed by atoms with Crippen molar-refractivity contribution >= 4 is 11.9 Å². The monoisotopic (exact) mass is 397 g/mol. The summed E-state index contributed by atoms with van der Waals surface area (Å²) < 4.78 is 19.4. The molecule has 2 aliphatic rings. The minimum Gasteiger partial charge on any atom is -0.497 e. The number of aliphatic carboxylic acids is 1. The smallest absolute Gasteiger partial charge is 0.303 e. The van der Waals surface area contributed by atoms with Crippen LogP contribution in [0.1, 0.15) is 53.1 Å². The molecule has 1 heterocycles. The van der Waals surface area contributed by atoms with E-state index in [4.69, 9.17) is 4.74 Å². The summed E-state index contributed by atoms with van der Waals surface area (Å²) >= 11 is 0. The standard InChI is InChI=1S/C23H24FNO4/c1-29-16-6-7-17-15(12-21(26)27)14-23(19(17)13-16)8-10-25(11-9-23)22(28)18-4-2-3-5-20(18)24/h2-7,13,15H,8-12,14H2,1H3,(H,26,27)/t15-/m1/s1. The van der Waals surface area contributed by atoms with E-state index in [-0.39, 0.29) is 29.2 Å². The van der Waals surface area contributed by atoms with E-state index < -0.39 is 11.8 Å². The first-order chi connectivity index (χ1) is 13.9. The van der Waals surface area contributed by atoms with Gasteiger partial charge in [-0.1, -0.05) is 18.2 Å². The van der Waals surface area contributed by atoms with Gasteiger partial charge in [0.1, 0.15) is 11.6 Å². The number of carboxylic acid groups (broad SMARTS) is 1. The Hall–Kier alpha value is -2.89. The molecular weight excluding hydrogens is 373 g/mol. The third kappa shape index (κ3) is 3.48. The van der Waals surface area contributed by atoms with Crippen LogP contribution in [0.3, 0.4) is 0 Å². The highest BCUT2D eigenvalue weighted by atomic mass is 19.1. The van der Waals surface area contributed by atoms with Crippen LogP contribution in [0.5, 0.6) is 5.75 Å². The van der Waals surface area contributed by atoms with Crippen molar-refractivity contribution in [1.29, 1.82) is 0 Å². The van der Waals surface area contributed by atoms with Gasteiger partial charge in [0.25, 0.3) is 5.91 Å². The quantitative estimate of drug-likeness (QED) is 0.848. The van der Waals surface area contributed by atoms with Crippen LogP contribution in [0.25, 0.3) is 0 Å². The summed E-state index contributed by atoms with van der Waals surface area (Å²) in [4.78, 5) is 25.8. The number of halogens is 1. The van der Waals surface area contributed by atoms with E-state index in [1.54, 1.807) is 24.1 Å². The number of carbonyl (C=O) groups excluding carboxylic acids is 1. The molecule has 5 nitrogen and oxygen atoms in total. The maximum absolute atomic E-state index is 14.0. The molecule has 6 heteroatoms. The fraction of sp³-hybridized carbons (Fsp3) is 0.391. The highest BCUT2D eigenvalue weighted by molar-refractivity contribution is 5.94. The lowest BCUT2D eigenvalue weighted by Crippen LogP contribution is -2.44. The molecule has 1 atom stereocenters. The zero-order chi connectivity index (χ0) is 20.6. The van der Waals surface area contributed by atoms with Crippen LogP contribution in [0.2, 0.25) is 0 Å². The Morgan fingerprint density at radius 3 is 2.59 bits per heavy atom. The fourth-order valence-corrected chi connectivity index (χ4v) is 4.98. The number of carbonyl (C=O) groups is 2. The van der Waals surface area contributed by atoms with Gasteiger partial charge in [-0.25, -0.2) is 4.39 Å². The van der Waals surface area contributed by atoms with E-state index in [1.807, 2.05) is 18.2 Å². The van der Waals surface area contributed by atoms with Crippen molar-refractivity contribution in [2.75, 3.05) is 20.2 Å². The van der Waals surface area contributed by atoms with Gasteiger partial charge in [0, 0.05) is 13.1 Å². The van der Waals surface area contributed by atoms with Crippen molar-refractivity contribution in [1.82, 2.24) is 4.90 Å². The van der Waals surface area contributed by atoms with Gasteiger partial charge in [-0.05, 0) is 66.0 Å². The van der Waals surface area contributed by atoms with Crippen molar-refractivity contribution in [3.63, 3.8) is 0 Å². The minimum absolute atomic E-state index is 0.0396. The lowest BCUT2D eigenvalue weighted by molar-refractivity contribution is -0.137. The number of amides is 1. The molecule has 1 N–H and O–H groups in total. The normalized spacial score (nSPS) is 19.8. The first-order valence-corrected chi connectivity index (χ1v) is 9.87. The number of hydrogen-bond acceptors (Lipinski definition) is 3. The SMILES string of the molecule is COc1ccc2c(c1)C1(CCN(C(=O)c3ccccc3F)CC1)C[C@H]2CC(=O)O. The van der Waals surface area contributed by atoms with Crippen molar-refractivity contribution in [3.8, 4) is 5.75 Å². The Balaban J connectivity index is 1.58. The second-order valence-corrected chi connectivity index (χ2v) is 8.00. The van der Waals surface area contributed by atoms with Gasteiger partial charge in [-0.15, -0.1) is 0 Å². The summed E-state index contributed by atoms with van der Waals surface area (Å²) in [5.41, 5.74) is 2.14. The van der Waals surface area contributed by atoms with Gasteiger partial charge in [0.15, 0.2) is 0 Å². The van der Waals surface area contributed by atoms with E-state index >= 15 is 0 Å². The molecule has 0 bridgehead atoms. The van der Waals surface area contributed by atoms with Crippen LogP contribution >= 0.6 is 0 Å². The first-order valence-electron chi connectivity index (χ1n) is 9.87. The minimum atomic E-state index is -0.805. The summed E-state index contributed by atoms with van der Waals surface area (Å²) in [5.74, 6) is -0.883. The summed E-state index contributed by atoms with van der Waals surface area (Å²) in [5, 5.41) is 9.34. The Morgan fingerprint density at radius 2 is 1.93 bits per heavy atom. The summed E-state index contributed by atoms with van der Waals surface area (Å²) in [6.45, 7) is 1.03. The second kappa shape index (κ2) is 7.50. The van der Waals surface area contributed by atoms with Crippen LogP contribution < -0.4 is 4.74 Å². The van der Waals surface area contributed by atoms with E-state index in [9.17, 15) is 19.1 Å². The Kier molecular flexibility index (Phi) is 5.03. The average molecular weight is 397 g/mol. The molecule has 1 fully saturated rings. The topological polar surface area (TPSA) is 66.8 Å². The van der Waals surface area contributed by atoms with Crippen LogP contribution in [-0.2, 0) is 10.2 Å². The van der Waals surface area contributed by atoms with E-state index in [0.29, 0.717) is 13.1 Å². The number of carboxylic acids is 1. The third-order valence-electron chi connectivity index (χ3n) is 6.44. The summed E-state index contributed by atoms with van der Waals surface area (Å²) in [6.07, 6.45) is 2.30. The number of fused-ring (bicyclic) bond motifs is 2. The molecule has 0 saturated carbocycles. The molecular formula is C23H24FNO4. The fourth-order valence-electron chi connectivity index (χ4n) is 4.98. The zero-order valence-corrected chi connectivity index (χ0v) is 16.4. The molecule has 1 saturated heterocycles. The molecule has 2 aromatic carbocycles. The number of likely N-dealkylation sites (tertiary alicyclic amines) is 1. The molecule has 0 radical (unpaired) electrons. The number of ether oxygens (including phenoxy) is 1. The number of methoxy groups -OCH3 is 1. The molecule has 0 unspecified atom stereocenters. The Morgan fingerprint density at radius 1 is 1.21 bits per heavy atom. The number of nitrogens with zero attached hydrogens (tertiary/aromatic N) is 1. The van der Waals surface area contributed by atoms with Crippen molar-refractivity contribution in [2.45, 2.75) is 37.0 Å². The highest BCUT2D eigenvalue weighted by Gasteiger charge is 2.46. The number of rotatable bonds is 4. The largest absolute Gasteiger partial charge is 0.497 e. The average Bonchev–Trinajstić information content (AvgIpc) is 3.00. The van der Waals surface area contributed by atoms with Gasteiger partial charge in [-0.2, -0.15) is 0 Å². The van der Waals surface area contributed by atoms with Gasteiger partial charge < -0.3 is 14.7 Å². The maximum atomic E-state index is 14.0. The van der Waals surface area contributed by atoms with Gasteiger partial charge >= 0.3 is 5.97 Å².